The molecule has 0 aliphatic heterocycles. The Kier molecular flexibility index (Phi) is 2.65. The van der Waals surface area contributed by atoms with E-state index in [4.69, 9.17) is 17.3 Å². The SMILES string of the molecule is Nc1cc(-c2ccc3ncccc3c2)ccc1Cl. The van der Waals surface area contributed by atoms with Crippen LogP contribution in [-0.4, -0.2) is 4.98 Å². The summed E-state index contributed by atoms with van der Waals surface area (Å²) < 4.78 is 0. The fourth-order valence-electron chi connectivity index (χ4n) is 1.98. The monoisotopic (exact) mass is 254 g/mol. The Morgan fingerprint density at radius 3 is 2.56 bits per heavy atom. The third-order valence-corrected chi connectivity index (χ3v) is 3.28. The van der Waals surface area contributed by atoms with E-state index in [1.165, 1.54) is 0 Å². The summed E-state index contributed by atoms with van der Waals surface area (Å²) in [7, 11) is 0. The van der Waals surface area contributed by atoms with Crippen molar-refractivity contribution in [2.45, 2.75) is 0 Å². The average Bonchev–Trinajstić information content (AvgIpc) is 2.41. The number of nitrogen functional groups attached to an aromatic ring is 1. The van der Waals surface area contributed by atoms with Gasteiger partial charge in [-0.25, -0.2) is 0 Å². The van der Waals surface area contributed by atoms with Crippen LogP contribution in [0.15, 0.2) is 54.7 Å². The number of pyridine rings is 1. The molecule has 0 unspecified atom stereocenters. The molecule has 0 radical (unpaired) electrons. The summed E-state index contributed by atoms with van der Waals surface area (Å²) in [5.74, 6) is 0. The number of anilines is 1. The maximum atomic E-state index is 5.93. The summed E-state index contributed by atoms with van der Waals surface area (Å²) in [6.45, 7) is 0. The number of aromatic nitrogens is 1. The normalized spacial score (nSPS) is 10.7. The number of rotatable bonds is 1. The first-order valence-corrected chi connectivity index (χ1v) is 6.02. The van der Waals surface area contributed by atoms with E-state index in [1.807, 2.05) is 42.5 Å². The van der Waals surface area contributed by atoms with Gasteiger partial charge in [-0.3, -0.25) is 4.98 Å². The highest BCUT2D eigenvalue weighted by Gasteiger charge is 2.02. The first-order chi connectivity index (χ1) is 8.74. The minimum Gasteiger partial charge on any atom is -0.398 e. The molecule has 3 rings (SSSR count). The average molecular weight is 255 g/mol. The molecule has 18 heavy (non-hydrogen) atoms. The van der Waals surface area contributed by atoms with Crippen LogP contribution in [0.2, 0.25) is 5.02 Å². The van der Waals surface area contributed by atoms with Crippen LogP contribution in [0.3, 0.4) is 0 Å². The Morgan fingerprint density at radius 2 is 1.72 bits per heavy atom. The lowest BCUT2D eigenvalue weighted by Crippen LogP contribution is -1.87. The fourth-order valence-corrected chi connectivity index (χ4v) is 2.10. The minimum absolute atomic E-state index is 0.584. The Bertz CT molecular complexity index is 723. The predicted octanol–water partition coefficient (Wildman–Crippen LogP) is 4.14. The summed E-state index contributed by atoms with van der Waals surface area (Å²) in [6.07, 6.45) is 1.79. The molecule has 2 N–H and O–H groups in total. The van der Waals surface area contributed by atoms with Crippen LogP contribution < -0.4 is 5.73 Å². The van der Waals surface area contributed by atoms with Crippen molar-refractivity contribution < 1.29 is 0 Å². The van der Waals surface area contributed by atoms with Gasteiger partial charge in [-0.2, -0.15) is 0 Å². The van der Waals surface area contributed by atoms with Gasteiger partial charge in [0.15, 0.2) is 0 Å². The van der Waals surface area contributed by atoms with Crippen molar-refractivity contribution in [1.82, 2.24) is 4.98 Å². The topological polar surface area (TPSA) is 38.9 Å². The summed E-state index contributed by atoms with van der Waals surface area (Å²) >= 11 is 5.93. The lowest BCUT2D eigenvalue weighted by molar-refractivity contribution is 1.41. The van der Waals surface area contributed by atoms with Crippen LogP contribution in [0.1, 0.15) is 0 Å². The zero-order chi connectivity index (χ0) is 12.5. The number of hydrogen-bond acceptors (Lipinski definition) is 2. The zero-order valence-corrected chi connectivity index (χ0v) is 10.4. The zero-order valence-electron chi connectivity index (χ0n) is 9.60. The molecular weight excluding hydrogens is 244 g/mol. The third-order valence-electron chi connectivity index (χ3n) is 2.93. The van der Waals surface area contributed by atoms with Crippen LogP contribution in [-0.2, 0) is 0 Å². The molecule has 0 saturated carbocycles. The summed E-state index contributed by atoms with van der Waals surface area (Å²) in [6, 6.07) is 15.8. The van der Waals surface area contributed by atoms with E-state index < -0.39 is 0 Å². The van der Waals surface area contributed by atoms with E-state index in [0.717, 1.165) is 22.0 Å². The van der Waals surface area contributed by atoms with Gasteiger partial charge in [-0.1, -0.05) is 29.8 Å². The Labute approximate surface area is 110 Å². The first kappa shape index (κ1) is 11.1. The molecule has 0 aliphatic rings. The van der Waals surface area contributed by atoms with Crippen LogP contribution in [0.4, 0.5) is 5.69 Å². The molecule has 0 spiro atoms. The molecule has 0 fully saturated rings. The van der Waals surface area contributed by atoms with Gasteiger partial charge in [0.1, 0.15) is 0 Å². The maximum Gasteiger partial charge on any atom is 0.0702 e. The number of halogens is 1. The minimum atomic E-state index is 0.584. The molecule has 2 nitrogen and oxygen atoms in total. The van der Waals surface area contributed by atoms with Crippen LogP contribution >= 0.6 is 11.6 Å². The lowest BCUT2D eigenvalue weighted by atomic mass is 10.0. The van der Waals surface area contributed by atoms with E-state index in [9.17, 15) is 0 Å². The van der Waals surface area contributed by atoms with Crippen LogP contribution in [0, 0.1) is 0 Å². The second kappa shape index (κ2) is 4.31. The smallest absolute Gasteiger partial charge is 0.0702 e. The van der Waals surface area contributed by atoms with Crippen molar-refractivity contribution in [2.24, 2.45) is 0 Å². The van der Waals surface area contributed by atoms with E-state index in [1.54, 1.807) is 6.20 Å². The van der Waals surface area contributed by atoms with Gasteiger partial charge in [-0.15, -0.1) is 0 Å². The predicted molar refractivity (Wildman–Crippen MR) is 76.6 cm³/mol. The van der Waals surface area contributed by atoms with Crippen molar-refractivity contribution >= 4 is 28.2 Å². The molecule has 3 heteroatoms. The largest absolute Gasteiger partial charge is 0.398 e. The summed E-state index contributed by atoms with van der Waals surface area (Å²) in [5.41, 5.74) is 9.58. The number of nitrogens with zero attached hydrogens (tertiary/aromatic N) is 1. The van der Waals surface area contributed by atoms with Gasteiger partial charge in [0, 0.05) is 11.6 Å². The van der Waals surface area contributed by atoms with E-state index in [0.29, 0.717) is 10.7 Å². The van der Waals surface area contributed by atoms with Crippen molar-refractivity contribution in [1.29, 1.82) is 0 Å². The molecule has 0 saturated heterocycles. The molecule has 0 bridgehead atoms. The van der Waals surface area contributed by atoms with Gasteiger partial charge in [-0.05, 0) is 41.5 Å². The Hall–Kier alpha value is -2.06. The van der Waals surface area contributed by atoms with Crippen molar-refractivity contribution in [3.05, 3.63) is 59.8 Å². The van der Waals surface area contributed by atoms with Crippen LogP contribution in [0.5, 0.6) is 0 Å². The first-order valence-electron chi connectivity index (χ1n) is 5.64. The van der Waals surface area contributed by atoms with Gasteiger partial charge in [0.05, 0.1) is 16.2 Å². The number of fused-ring (bicyclic) bond motifs is 1. The number of benzene rings is 2. The quantitative estimate of drug-likeness (QED) is 0.663. The molecule has 88 valence electrons. The number of nitrogens with two attached hydrogens (primary N) is 1. The molecule has 0 atom stereocenters. The molecule has 1 heterocycles. The third kappa shape index (κ3) is 1.91. The second-order valence-corrected chi connectivity index (χ2v) is 4.55. The van der Waals surface area contributed by atoms with Crippen molar-refractivity contribution in [2.75, 3.05) is 5.73 Å². The van der Waals surface area contributed by atoms with Gasteiger partial charge in [0.2, 0.25) is 0 Å². The van der Waals surface area contributed by atoms with E-state index in [-0.39, 0.29) is 0 Å². The maximum absolute atomic E-state index is 5.93. The van der Waals surface area contributed by atoms with Crippen molar-refractivity contribution in [3.8, 4) is 11.1 Å². The molecule has 0 amide bonds. The Morgan fingerprint density at radius 1 is 0.944 bits per heavy atom. The summed E-state index contributed by atoms with van der Waals surface area (Å²) in [4.78, 5) is 4.30. The van der Waals surface area contributed by atoms with Crippen LogP contribution in [0.25, 0.3) is 22.0 Å². The van der Waals surface area contributed by atoms with Gasteiger partial charge >= 0.3 is 0 Å². The highest BCUT2D eigenvalue weighted by Crippen LogP contribution is 2.28. The van der Waals surface area contributed by atoms with Gasteiger partial charge in [0.25, 0.3) is 0 Å². The lowest BCUT2D eigenvalue weighted by Gasteiger charge is -2.05. The molecule has 3 aromatic rings. The highest BCUT2D eigenvalue weighted by atomic mass is 35.5. The van der Waals surface area contributed by atoms with Crippen molar-refractivity contribution in [3.63, 3.8) is 0 Å². The standard InChI is InChI=1S/C15H11ClN2/c16-13-5-3-11(9-14(13)17)10-4-6-15-12(8-10)2-1-7-18-15/h1-9H,17H2. The summed E-state index contributed by atoms with van der Waals surface area (Å²) in [5, 5.41) is 1.70. The molecular formula is C15H11ClN2. The Balaban J connectivity index is 2.16. The van der Waals surface area contributed by atoms with E-state index in [2.05, 4.69) is 11.1 Å². The second-order valence-electron chi connectivity index (χ2n) is 4.15. The molecule has 1 aromatic heterocycles. The van der Waals surface area contributed by atoms with E-state index >= 15 is 0 Å². The molecule has 0 aliphatic carbocycles. The molecule has 2 aromatic carbocycles. The number of hydrogen-bond donors (Lipinski definition) is 1. The highest BCUT2D eigenvalue weighted by molar-refractivity contribution is 6.33. The van der Waals surface area contributed by atoms with Gasteiger partial charge < -0.3 is 5.73 Å². The fraction of sp³-hybridized carbons (Fsp3) is 0.